The summed E-state index contributed by atoms with van der Waals surface area (Å²) in [5, 5.41) is 0. The van der Waals surface area contributed by atoms with Gasteiger partial charge in [0.15, 0.2) is 0 Å². The highest BCUT2D eigenvalue weighted by Crippen LogP contribution is 2.27. The van der Waals surface area contributed by atoms with Crippen molar-refractivity contribution in [1.29, 1.82) is 0 Å². The molecule has 1 saturated heterocycles. The predicted molar refractivity (Wildman–Crippen MR) is 64.8 cm³/mol. The highest BCUT2D eigenvalue weighted by atomic mass is 16.2. The number of aryl methyl sites for hydroxylation is 1. The standard InChI is InChI=1S/C13H14N2O2/c1-9-4-3-5-12(10(9)2)15-7-11(14-8-16)6-13(15)17/h3-5,11H,6-7H2,1-2H3. The van der Waals surface area contributed by atoms with Crippen LogP contribution in [-0.2, 0) is 9.59 Å². The molecule has 88 valence electrons. The number of hydrogen-bond acceptors (Lipinski definition) is 3. The van der Waals surface area contributed by atoms with E-state index in [2.05, 4.69) is 4.99 Å². The molecule has 1 aliphatic rings. The number of benzene rings is 1. The zero-order valence-corrected chi connectivity index (χ0v) is 9.93. The van der Waals surface area contributed by atoms with Gasteiger partial charge in [0.1, 0.15) is 0 Å². The van der Waals surface area contributed by atoms with Crippen LogP contribution in [0.2, 0.25) is 0 Å². The van der Waals surface area contributed by atoms with Crippen molar-refractivity contribution in [3.05, 3.63) is 29.3 Å². The smallest absolute Gasteiger partial charge is 0.235 e. The number of hydrogen-bond donors (Lipinski definition) is 0. The SMILES string of the molecule is Cc1cccc(N2CC(N=C=O)CC2=O)c1C. The third kappa shape index (κ3) is 2.12. The molecule has 2 rings (SSSR count). The quantitative estimate of drug-likeness (QED) is 0.574. The topological polar surface area (TPSA) is 49.7 Å². The molecule has 1 aromatic carbocycles. The molecule has 1 unspecified atom stereocenters. The molecule has 1 amide bonds. The fourth-order valence-corrected chi connectivity index (χ4v) is 2.11. The third-order valence-electron chi connectivity index (χ3n) is 3.21. The van der Waals surface area contributed by atoms with Gasteiger partial charge in [0.25, 0.3) is 0 Å². The molecular formula is C13H14N2O2. The van der Waals surface area contributed by atoms with Gasteiger partial charge < -0.3 is 4.90 Å². The third-order valence-corrected chi connectivity index (χ3v) is 3.21. The van der Waals surface area contributed by atoms with E-state index in [9.17, 15) is 9.59 Å². The first-order valence-corrected chi connectivity index (χ1v) is 5.57. The molecule has 1 aliphatic heterocycles. The maximum absolute atomic E-state index is 11.9. The molecule has 1 fully saturated rings. The largest absolute Gasteiger partial charge is 0.310 e. The fraction of sp³-hybridized carbons (Fsp3) is 0.385. The predicted octanol–water partition coefficient (Wildman–Crippen LogP) is 1.74. The number of aliphatic imine (C=N–C) groups is 1. The van der Waals surface area contributed by atoms with Crippen molar-refractivity contribution in [2.75, 3.05) is 11.4 Å². The van der Waals surface area contributed by atoms with Crippen LogP contribution >= 0.6 is 0 Å². The molecule has 17 heavy (non-hydrogen) atoms. The number of rotatable bonds is 2. The van der Waals surface area contributed by atoms with Crippen LogP contribution in [0.4, 0.5) is 5.69 Å². The van der Waals surface area contributed by atoms with Crippen LogP contribution in [0.25, 0.3) is 0 Å². The molecule has 0 saturated carbocycles. The van der Waals surface area contributed by atoms with Crippen molar-refractivity contribution in [2.24, 2.45) is 4.99 Å². The van der Waals surface area contributed by atoms with E-state index in [4.69, 9.17) is 0 Å². The van der Waals surface area contributed by atoms with E-state index in [1.165, 1.54) is 6.08 Å². The van der Waals surface area contributed by atoms with Crippen LogP contribution < -0.4 is 4.90 Å². The highest BCUT2D eigenvalue weighted by molar-refractivity contribution is 5.97. The Morgan fingerprint density at radius 1 is 1.41 bits per heavy atom. The van der Waals surface area contributed by atoms with Gasteiger partial charge in [-0.15, -0.1) is 0 Å². The molecule has 0 radical (unpaired) electrons. The molecular weight excluding hydrogens is 216 g/mol. The van der Waals surface area contributed by atoms with E-state index in [1.807, 2.05) is 32.0 Å². The van der Waals surface area contributed by atoms with Gasteiger partial charge in [-0.25, -0.2) is 9.79 Å². The lowest BCUT2D eigenvalue weighted by molar-refractivity contribution is -0.117. The van der Waals surface area contributed by atoms with E-state index < -0.39 is 0 Å². The fourth-order valence-electron chi connectivity index (χ4n) is 2.11. The van der Waals surface area contributed by atoms with Crippen molar-refractivity contribution in [1.82, 2.24) is 0 Å². The van der Waals surface area contributed by atoms with E-state index in [-0.39, 0.29) is 11.9 Å². The average Bonchev–Trinajstić information content (AvgIpc) is 2.64. The van der Waals surface area contributed by atoms with E-state index in [1.54, 1.807) is 4.90 Å². The number of isocyanates is 1. The summed E-state index contributed by atoms with van der Waals surface area (Å²) in [6.07, 6.45) is 1.82. The highest BCUT2D eigenvalue weighted by Gasteiger charge is 2.31. The Balaban J connectivity index is 2.32. The summed E-state index contributed by atoms with van der Waals surface area (Å²) < 4.78 is 0. The first-order chi connectivity index (χ1) is 8.13. The summed E-state index contributed by atoms with van der Waals surface area (Å²) in [6.45, 7) is 4.48. The Bertz CT molecular complexity index is 504. The number of carbonyl (C=O) groups is 1. The van der Waals surface area contributed by atoms with Gasteiger partial charge in [0.05, 0.1) is 12.5 Å². The lowest BCUT2D eigenvalue weighted by Crippen LogP contribution is -2.25. The van der Waals surface area contributed by atoms with Crippen LogP contribution in [0, 0.1) is 13.8 Å². The molecule has 1 heterocycles. The first kappa shape index (κ1) is 11.6. The second-order valence-electron chi connectivity index (χ2n) is 4.30. The van der Waals surface area contributed by atoms with Crippen LogP contribution in [0.1, 0.15) is 17.5 Å². The Hall–Kier alpha value is -1.93. The maximum atomic E-state index is 11.9. The molecule has 1 aromatic rings. The van der Waals surface area contributed by atoms with Gasteiger partial charge in [-0.3, -0.25) is 4.79 Å². The van der Waals surface area contributed by atoms with Gasteiger partial charge in [-0.1, -0.05) is 12.1 Å². The van der Waals surface area contributed by atoms with Crippen molar-refractivity contribution in [2.45, 2.75) is 26.3 Å². The van der Waals surface area contributed by atoms with Crippen LogP contribution in [0.15, 0.2) is 23.2 Å². The summed E-state index contributed by atoms with van der Waals surface area (Å²) in [7, 11) is 0. The number of anilines is 1. The number of nitrogens with zero attached hydrogens (tertiary/aromatic N) is 2. The van der Waals surface area contributed by atoms with Crippen molar-refractivity contribution < 1.29 is 9.59 Å². The Kier molecular flexibility index (Phi) is 3.07. The van der Waals surface area contributed by atoms with E-state index in [0.29, 0.717) is 13.0 Å². The average molecular weight is 230 g/mol. The Morgan fingerprint density at radius 3 is 2.88 bits per heavy atom. The molecule has 0 aromatic heterocycles. The normalized spacial score (nSPS) is 19.3. The first-order valence-electron chi connectivity index (χ1n) is 5.57. The number of carbonyl (C=O) groups excluding carboxylic acids is 2. The van der Waals surface area contributed by atoms with E-state index in [0.717, 1.165) is 16.8 Å². The lowest BCUT2D eigenvalue weighted by atomic mass is 10.1. The second-order valence-corrected chi connectivity index (χ2v) is 4.30. The molecule has 4 nitrogen and oxygen atoms in total. The zero-order valence-electron chi connectivity index (χ0n) is 9.93. The van der Waals surface area contributed by atoms with Crippen LogP contribution in [0.5, 0.6) is 0 Å². The monoisotopic (exact) mass is 230 g/mol. The summed E-state index contributed by atoms with van der Waals surface area (Å²) >= 11 is 0. The van der Waals surface area contributed by atoms with Gasteiger partial charge in [-0.2, -0.15) is 0 Å². The summed E-state index contributed by atoms with van der Waals surface area (Å²) in [6, 6.07) is 5.62. The molecule has 0 N–H and O–H groups in total. The van der Waals surface area contributed by atoms with Crippen molar-refractivity contribution >= 4 is 17.7 Å². The Labute approximate surface area is 100.0 Å². The molecule has 0 aliphatic carbocycles. The van der Waals surface area contributed by atoms with Gasteiger partial charge in [0.2, 0.25) is 12.0 Å². The minimum atomic E-state index is -0.250. The minimum Gasteiger partial charge on any atom is -0.310 e. The second kappa shape index (κ2) is 4.52. The summed E-state index contributed by atoms with van der Waals surface area (Å²) in [5.74, 6) is 0.0164. The van der Waals surface area contributed by atoms with E-state index >= 15 is 0 Å². The zero-order chi connectivity index (χ0) is 12.4. The summed E-state index contributed by atoms with van der Waals surface area (Å²) in [5.41, 5.74) is 3.16. The summed E-state index contributed by atoms with van der Waals surface area (Å²) in [4.78, 5) is 27.4. The number of amides is 1. The van der Waals surface area contributed by atoms with Gasteiger partial charge in [-0.05, 0) is 31.0 Å². The molecule has 0 spiro atoms. The van der Waals surface area contributed by atoms with Crippen LogP contribution in [-0.4, -0.2) is 24.6 Å². The maximum Gasteiger partial charge on any atom is 0.235 e. The van der Waals surface area contributed by atoms with Crippen LogP contribution in [0.3, 0.4) is 0 Å². The molecule has 0 bridgehead atoms. The van der Waals surface area contributed by atoms with Gasteiger partial charge in [0, 0.05) is 12.2 Å². The van der Waals surface area contributed by atoms with Gasteiger partial charge >= 0.3 is 0 Å². The molecule has 1 atom stereocenters. The minimum absolute atomic E-state index is 0.0164. The van der Waals surface area contributed by atoms with Crippen molar-refractivity contribution in [3.63, 3.8) is 0 Å². The lowest BCUT2D eigenvalue weighted by Gasteiger charge is -2.19. The van der Waals surface area contributed by atoms with Crippen molar-refractivity contribution in [3.8, 4) is 0 Å². The Morgan fingerprint density at radius 2 is 2.18 bits per heavy atom. The molecule has 4 heteroatoms.